The SMILES string of the molecule is COC(=O)c1ccsc1NC(=O)CCBr. The first-order valence-electron chi connectivity index (χ1n) is 4.20. The molecule has 0 unspecified atom stereocenters. The molecule has 0 aliphatic heterocycles. The lowest BCUT2D eigenvalue weighted by molar-refractivity contribution is -0.115. The molecule has 0 aliphatic carbocycles. The lowest BCUT2D eigenvalue weighted by Gasteiger charge is -2.03. The van der Waals surface area contributed by atoms with Crippen LogP contribution in [-0.2, 0) is 9.53 Å². The first kappa shape index (κ1) is 12.2. The lowest BCUT2D eigenvalue weighted by Crippen LogP contribution is -2.13. The van der Waals surface area contributed by atoms with Gasteiger partial charge in [-0.05, 0) is 11.4 Å². The van der Waals surface area contributed by atoms with Crippen LogP contribution in [0, 0.1) is 0 Å². The maximum absolute atomic E-state index is 11.3. The first-order chi connectivity index (χ1) is 7.19. The van der Waals surface area contributed by atoms with E-state index in [0.29, 0.717) is 22.3 Å². The fourth-order valence-electron chi connectivity index (χ4n) is 0.952. The third kappa shape index (κ3) is 3.32. The van der Waals surface area contributed by atoms with Crippen molar-refractivity contribution in [2.45, 2.75) is 6.42 Å². The van der Waals surface area contributed by atoms with E-state index in [1.807, 2.05) is 0 Å². The Kier molecular flexibility index (Phi) is 4.77. The minimum Gasteiger partial charge on any atom is -0.465 e. The quantitative estimate of drug-likeness (QED) is 0.684. The highest BCUT2D eigenvalue weighted by molar-refractivity contribution is 9.09. The summed E-state index contributed by atoms with van der Waals surface area (Å²) in [5.41, 5.74) is 0.394. The molecule has 1 rings (SSSR count). The Hall–Kier alpha value is -0.880. The van der Waals surface area contributed by atoms with E-state index < -0.39 is 5.97 Å². The van der Waals surface area contributed by atoms with Gasteiger partial charge in [0.05, 0.1) is 12.7 Å². The zero-order valence-electron chi connectivity index (χ0n) is 8.08. The molecular weight excluding hydrogens is 282 g/mol. The summed E-state index contributed by atoms with van der Waals surface area (Å²) in [6.45, 7) is 0. The summed E-state index contributed by atoms with van der Waals surface area (Å²) in [6.07, 6.45) is 0.374. The van der Waals surface area contributed by atoms with Crippen LogP contribution in [0.4, 0.5) is 5.00 Å². The Morgan fingerprint density at radius 1 is 1.60 bits per heavy atom. The van der Waals surface area contributed by atoms with E-state index in [1.165, 1.54) is 18.4 Å². The molecule has 0 radical (unpaired) electrons. The number of carbonyl (C=O) groups is 2. The fourth-order valence-corrected chi connectivity index (χ4v) is 2.10. The third-order valence-corrected chi connectivity index (χ3v) is 2.87. The van der Waals surface area contributed by atoms with Crippen molar-refractivity contribution < 1.29 is 14.3 Å². The number of nitrogens with one attached hydrogen (secondary N) is 1. The molecule has 0 saturated carbocycles. The molecule has 0 spiro atoms. The van der Waals surface area contributed by atoms with Crippen LogP contribution in [0.5, 0.6) is 0 Å². The summed E-state index contributed by atoms with van der Waals surface area (Å²) in [6, 6.07) is 1.63. The smallest absolute Gasteiger partial charge is 0.340 e. The zero-order chi connectivity index (χ0) is 11.3. The highest BCUT2D eigenvalue weighted by Crippen LogP contribution is 2.23. The van der Waals surface area contributed by atoms with Gasteiger partial charge in [-0.15, -0.1) is 11.3 Å². The van der Waals surface area contributed by atoms with Gasteiger partial charge in [0.1, 0.15) is 5.00 Å². The second kappa shape index (κ2) is 5.87. The number of amides is 1. The molecule has 0 atom stereocenters. The number of thiophene rings is 1. The average Bonchev–Trinajstić information content (AvgIpc) is 2.65. The van der Waals surface area contributed by atoms with E-state index >= 15 is 0 Å². The summed E-state index contributed by atoms with van der Waals surface area (Å²) in [7, 11) is 1.31. The van der Waals surface area contributed by atoms with Gasteiger partial charge < -0.3 is 10.1 Å². The van der Waals surface area contributed by atoms with Crippen LogP contribution in [-0.4, -0.2) is 24.3 Å². The van der Waals surface area contributed by atoms with Gasteiger partial charge in [0.2, 0.25) is 5.91 Å². The number of ether oxygens (including phenoxy) is 1. The minimum absolute atomic E-state index is 0.125. The van der Waals surface area contributed by atoms with Crippen molar-refractivity contribution in [1.29, 1.82) is 0 Å². The van der Waals surface area contributed by atoms with E-state index in [0.717, 1.165) is 0 Å². The second-order valence-corrected chi connectivity index (χ2v) is 4.35. The van der Waals surface area contributed by atoms with E-state index in [9.17, 15) is 9.59 Å². The Morgan fingerprint density at radius 2 is 2.33 bits per heavy atom. The van der Waals surface area contributed by atoms with Crippen molar-refractivity contribution in [3.05, 3.63) is 17.0 Å². The second-order valence-electron chi connectivity index (χ2n) is 2.64. The highest BCUT2D eigenvalue weighted by Gasteiger charge is 2.14. The molecule has 82 valence electrons. The van der Waals surface area contributed by atoms with Crippen LogP contribution in [0.25, 0.3) is 0 Å². The molecule has 1 aromatic rings. The van der Waals surface area contributed by atoms with Crippen molar-refractivity contribution in [2.75, 3.05) is 17.8 Å². The standard InChI is InChI=1S/C9H10BrNO3S/c1-14-9(13)6-3-5-15-8(6)11-7(12)2-4-10/h3,5H,2,4H2,1H3,(H,11,12). The van der Waals surface area contributed by atoms with Crippen LogP contribution >= 0.6 is 27.3 Å². The molecule has 0 aromatic carbocycles. The number of methoxy groups -OCH3 is 1. The van der Waals surface area contributed by atoms with Gasteiger partial charge in [-0.1, -0.05) is 15.9 Å². The van der Waals surface area contributed by atoms with Crippen LogP contribution in [0.1, 0.15) is 16.8 Å². The van der Waals surface area contributed by atoms with Crippen LogP contribution in [0.15, 0.2) is 11.4 Å². The van der Waals surface area contributed by atoms with Crippen LogP contribution < -0.4 is 5.32 Å². The molecule has 6 heteroatoms. The number of halogens is 1. The van der Waals surface area contributed by atoms with E-state index in [2.05, 4.69) is 26.0 Å². The van der Waals surface area contributed by atoms with Gasteiger partial charge in [-0.3, -0.25) is 4.79 Å². The van der Waals surface area contributed by atoms with Crippen LogP contribution in [0.2, 0.25) is 0 Å². The highest BCUT2D eigenvalue weighted by atomic mass is 79.9. The van der Waals surface area contributed by atoms with Gasteiger partial charge in [-0.2, -0.15) is 0 Å². The minimum atomic E-state index is -0.439. The normalized spacial score (nSPS) is 9.73. The molecule has 1 amide bonds. The summed E-state index contributed by atoms with van der Waals surface area (Å²) in [5, 5.41) is 5.52. The van der Waals surface area contributed by atoms with E-state index in [-0.39, 0.29) is 5.91 Å². The monoisotopic (exact) mass is 291 g/mol. The predicted octanol–water partition coefficient (Wildman–Crippen LogP) is 2.26. The number of hydrogen-bond acceptors (Lipinski definition) is 4. The molecule has 0 fully saturated rings. The van der Waals surface area contributed by atoms with E-state index in [4.69, 9.17) is 0 Å². The van der Waals surface area contributed by atoms with Gasteiger partial charge in [0.25, 0.3) is 0 Å². The maximum atomic E-state index is 11.3. The Labute approximate surface area is 99.8 Å². The van der Waals surface area contributed by atoms with Gasteiger partial charge in [0.15, 0.2) is 0 Å². The van der Waals surface area contributed by atoms with Crippen molar-refractivity contribution >= 4 is 44.1 Å². The summed E-state index contributed by atoms with van der Waals surface area (Å²) < 4.78 is 4.58. The third-order valence-electron chi connectivity index (χ3n) is 1.65. The molecule has 0 saturated heterocycles. The number of carbonyl (C=O) groups excluding carboxylic acids is 2. The molecule has 1 aromatic heterocycles. The number of anilines is 1. The summed E-state index contributed by atoms with van der Waals surface area (Å²) >= 11 is 4.47. The van der Waals surface area contributed by atoms with Crippen molar-refractivity contribution in [3.63, 3.8) is 0 Å². The number of esters is 1. The molecule has 1 N–H and O–H groups in total. The Balaban J connectivity index is 2.73. The topological polar surface area (TPSA) is 55.4 Å². The van der Waals surface area contributed by atoms with Crippen LogP contribution in [0.3, 0.4) is 0 Å². The maximum Gasteiger partial charge on any atom is 0.340 e. The Morgan fingerprint density at radius 3 is 2.93 bits per heavy atom. The number of alkyl halides is 1. The molecule has 4 nitrogen and oxygen atoms in total. The van der Waals surface area contributed by atoms with Gasteiger partial charge in [0, 0.05) is 11.8 Å². The van der Waals surface area contributed by atoms with Gasteiger partial charge >= 0.3 is 5.97 Å². The number of rotatable bonds is 4. The molecule has 1 heterocycles. The average molecular weight is 292 g/mol. The summed E-state index contributed by atoms with van der Waals surface area (Å²) in [4.78, 5) is 22.5. The van der Waals surface area contributed by atoms with E-state index in [1.54, 1.807) is 11.4 Å². The largest absolute Gasteiger partial charge is 0.465 e. The molecule has 0 aliphatic rings. The molecule has 0 bridgehead atoms. The number of hydrogen-bond donors (Lipinski definition) is 1. The predicted molar refractivity (Wildman–Crippen MR) is 62.7 cm³/mol. The first-order valence-corrected chi connectivity index (χ1v) is 6.20. The molecular formula is C9H10BrNO3S. The van der Waals surface area contributed by atoms with Crippen molar-refractivity contribution in [2.24, 2.45) is 0 Å². The fraction of sp³-hybridized carbons (Fsp3) is 0.333. The molecule has 15 heavy (non-hydrogen) atoms. The van der Waals surface area contributed by atoms with Crippen molar-refractivity contribution in [3.8, 4) is 0 Å². The Bertz CT molecular complexity index is 364. The van der Waals surface area contributed by atoms with Gasteiger partial charge in [-0.25, -0.2) is 4.79 Å². The van der Waals surface area contributed by atoms with Crippen molar-refractivity contribution in [1.82, 2.24) is 0 Å². The zero-order valence-corrected chi connectivity index (χ0v) is 10.5. The lowest BCUT2D eigenvalue weighted by atomic mass is 10.3. The summed E-state index contributed by atoms with van der Waals surface area (Å²) in [5.74, 6) is -0.565.